The van der Waals surface area contributed by atoms with E-state index in [4.69, 9.17) is 4.74 Å². The van der Waals surface area contributed by atoms with Gasteiger partial charge in [-0.3, -0.25) is 9.79 Å². The fourth-order valence-electron chi connectivity index (χ4n) is 2.30. The van der Waals surface area contributed by atoms with Crippen molar-refractivity contribution in [1.82, 2.24) is 0 Å². The summed E-state index contributed by atoms with van der Waals surface area (Å²) in [5.74, 6) is -0.517. The monoisotopic (exact) mass is 314 g/mol. The fraction of sp³-hybridized carbons (Fsp3) is 0.188. The van der Waals surface area contributed by atoms with Crippen molar-refractivity contribution in [1.29, 1.82) is 0 Å². The first-order chi connectivity index (χ1) is 10.6. The van der Waals surface area contributed by atoms with Gasteiger partial charge in [-0.2, -0.15) is 0 Å². The van der Waals surface area contributed by atoms with Gasteiger partial charge >= 0.3 is 5.97 Å². The molecular weight excluding hydrogens is 300 g/mol. The third kappa shape index (κ3) is 2.42. The Labute approximate surface area is 131 Å². The molecular formula is C16H14N2O3S. The molecule has 5 nitrogen and oxygen atoms in total. The Kier molecular flexibility index (Phi) is 3.77. The standard InChI is InChI=1S/C16H14N2O3S/c1-18-13(19)9-17-14(10-6-4-3-5-7-10)11-8-12(16(20)21-2)22-15(11)18/h3-8H,9H2,1-2H3. The highest BCUT2D eigenvalue weighted by Gasteiger charge is 2.27. The summed E-state index contributed by atoms with van der Waals surface area (Å²) in [6, 6.07) is 11.4. The number of nitrogens with zero attached hydrogens (tertiary/aromatic N) is 2. The number of esters is 1. The molecule has 6 heteroatoms. The lowest BCUT2D eigenvalue weighted by molar-refractivity contribution is -0.116. The molecule has 0 saturated carbocycles. The van der Waals surface area contributed by atoms with Crippen LogP contribution in [0.5, 0.6) is 0 Å². The van der Waals surface area contributed by atoms with E-state index >= 15 is 0 Å². The Morgan fingerprint density at radius 1 is 1.32 bits per heavy atom. The SMILES string of the molecule is COC(=O)c1cc2c(s1)N(C)C(=O)CN=C2c1ccccc1. The van der Waals surface area contributed by atoms with Crippen molar-refractivity contribution in [2.75, 3.05) is 25.6 Å². The van der Waals surface area contributed by atoms with E-state index in [-0.39, 0.29) is 12.5 Å². The first-order valence-electron chi connectivity index (χ1n) is 6.70. The van der Waals surface area contributed by atoms with E-state index in [9.17, 15) is 9.59 Å². The van der Waals surface area contributed by atoms with Gasteiger partial charge in [0, 0.05) is 18.2 Å². The maximum absolute atomic E-state index is 12.1. The van der Waals surface area contributed by atoms with Gasteiger partial charge < -0.3 is 9.64 Å². The Bertz CT molecular complexity index is 765. The van der Waals surface area contributed by atoms with Crippen molar-refractivity contribution in [3.05, 3.63) is 52.4 Å². The lowest BCUT2D eigenvalue weighted by Gasteiger charge is -2.13. The van der Waals surface area contributed by atoms with Gasteiger partial charge in [0.15, 0.2) is 0 Å². The molecule has 22 heavy (non-hydrogen) atoms. The van der Waals surface area contributed by atoms with Gasteiger partial charge in [0.25, 0.3) is 0 Å². The molecule has 1 aliphatic rings. The first kappa shape index (κ1) is 14.5. The van der Waals surface area contributed by atoms with Crippen molar-refractivity contribution in [3.63, 3.8) is 0 Å². The van der Waals surface area contributed by atoms with Gasteiger partial charge in [-0.05, 0) is 6.07 Å². The molecule has 2 aromatic rings. The number of rotatable bonds is 2. The molecule has 0 N–H and O–H groups in total. The third-order valence-electron chi connectivity index (χ3n) is 3.45. The molecule has 1 aromatic carbocycles. The van der Waals surface area contributed by atoms with Crippen molar-refractivity contribution >= 4 is 33.9 Å². The minimum absolute atomic E-state index is 0.0929. The molecule has 0 radical (unpaired) electrons. The van der Waals surface area contributed by atoms with Crippen LogP contribution in [0.1, 0.15) is 20.8 Å². The zero-order valence-corrected chi connectivity index (χ0v) is 13.0. The van der Waals surface area contributed by atoms with Gasteiger partial charge in [0.05, 0.1) is 12.8 Å². The van der Waals surface area contributed by atoms with Gasteiger partial charge in [-0.1, -0.05) is 30.3 Å². The fourth-order valence-corrected chi connectivity index (χ4v) is 3.35. The third-order valence-corrected chi connectivity index (χ3v) is 4.64. The van der Waals surface area contributed by atoms with Crippen molar-refractivity contribution in [2.45, 2.75) is 0 Å². The Morgan fingerprint density at radius 3 is 2.73 bits per heavy atom. The Morgan fingerprint density at radius 2 is 2.05 bits per heavy atom. The number of ether oxygens (including phenoxy) is 1. The number of anilines is 1. The van der Waals surface area contributed by atoms with Gasteiger partial charge in [-0.25, -0.2) is 4.79 Å². The van der Waals surface area contributed by atoms with Crippen LogP contribution in [-0.2, 0) is 9.53 Å². The summed E-state index contributed by atoms with van der Waals surface area (Å²) in [6.45, 7) is 0.0929. The highest BCUT2D eigenvalue weighted by Crippen LogP contribution is 2.35. The van der Waals surface area contributed by atoms with Crippen LogP contribution in [-0.4, -0.2) is 38.3 Å². The molecule has 0 atom stereocenters. The van der Waals surface area contributed by atoms with E-state index in [1.165, 1.54) is 18.4 Å². The number of aliphatic imine (C=N–C) groups is 1. The summed E-state index contributed by atoms with van der Waals surface area (Å²) in [4.78, 5) is 30.4. The molecule has 0 fully saturated rings. The molecule has 1 aromatic heterocycles. The summed E-state index contributed by atoms with van der Waals surface area (Å²) in [7, 11) is 3.04. The lowest BCUT2D eigenvalue weighted by Crippen LogP contribution is -2.26. The van der Waals surface area contributed by atoms with Crippen molar-refractivity contribution in [2.24, 2.45) is 4.99 Å². The number of likely N-dealkylation sites (N-methyl/N-ethyl adjacent to an activating group) is 1. The largest absolute Gasteiger partial charge is 0.465 e. The quantitative estimate of drug-likeness (QED) is 0.800. The molecule has 0 unspecified atom stereocenters. The molecule has 112 valence electrons. The summed E-state index contributed by atoms with van der Waals surface area (Å²) in [6.07, 6.45) is 0. The predicted molar refractivity (Wildman–Crippen MR) is 86.0 cm³/mol. The summed E-state index contributed by atoms with van der Waals surface area (Å²) in [5.41, 5.74) is 2.42. The molecule has 0 aliphatic carbocycles. The number of hydrogen-bond acceptors (Lipinski definition) is 5. The highest BCUT2D eigenvalue weighted by molar-refractivity contribution is 7.18. The lowest BCUT2D eigenvalue weighted by atomic mass is 10.0. The first-order valence-corrected chi connectivity index (χ1v) is 7.52. The molecule has 3 rings (SSSR count). The van der Waals surface area contributed by atoms with Crippen LogP contribution in [0, 0.1) is 0 Å². The number of hydrogen-bond donors (Lipinski definition) is 0. The maximum atomic E-state index is 12.1. The molecule has 0 bridgehead atoms. The smallest absolute Gasteiger partial charge is 0.348 e. The average Bonchev–Trinajstić information content (AvgIpc) is 2.95. The highest BCUT2D eigenvalue weighted by atomic mass is 32.1. The van der Waals surface area contributed by atoms with Crippen LogP contribution in [0.3, 0.4) is 0 Å². The predicted octanol–water partition coefficient (Wildman–Crippen LogP) is 2.35. The van der Waals surface area contributed by atoms with E-state index in [1.807, 2.05) is 30.3 Å². The number of carbonyl (C=O) groups is 2. The zero-order chi connectivity index (χ0) is 15.7. The summed E-state index contributed by atoms with van der Waals surface area (Å²) >= 11 is 1.24. The van der Waals surface area contributed by atoms with Crippen molar-refractivity contribution < 1.29 is 14.3 Å². The molecule has 1 amide bonds. The second kappa shape index (κ2) is 5.73. The average molecular weight is 314 g/mol. The normalized spacial score (nSPS) is 14.2. The van der Waals surface area contributed by atoms with E-state index in [2.05, 4.69) is 4.99 Å². The number of thiophene rings is 1. The van der Waals surface area contributed by atoms with Crippen LogP contribution in [0.4, 0.5) is 5.00 Å². The minimum atomic E-state index is -0.411. The van der Waals surface area contributed by atoms with Gasteiger partial charge in [0.2, 0.25) is 5.91 Å². The summed E-state index contributed by atoms with van der Waals surface area (Å²) in [5, 5.41) is 0.713. The Balaban J connectivity index is 2.18. The zero-order valence-electron chi connectivity index (χ0n) is 12.2. The molecule has 1 aliphatic heterocycles. The molecule has 0 spiro atoms. The van der Waals surface area contributed by atoms with E-state index in [1.54, 1.807) is 18.0 Å². The van der Waals surface area contributed by atoms with Crippen LogP contribution in [0.2, 0.25) is 0 Å². The minimum Gasteiger partial charge on any atom is -0.465 e. The summed E-state index contributed by atoms with van der Waals surface area (Å²) < 4.78 is 4.78. The molecule has 0 saturated heterocycles. The number of benzene rings is 1. The van der Waals surface area contributed by atoms with E-state index in [0.29, 0.717) is 9.88 Å². The van der Waals surface area contributed by atoms with Gasteiger partial charge in [0.1, 0.15) is 16.4 Å². The topological polar surface area (TPSA) is 59.0 Å². The second-order valence-corrected chi connectivity index (χ2v) is 5.84. The van der Waals surface area contributed by atoms with E-state index in [0.717, 1.165) is 16.8 Å². The number of methoxy groups -OCH3 is 1. The van der Waals surface area contributed by atoms with Crippen LogP contribution < -0.4 is 4.90 Å². The maximum Gasteiger partial charge on any atom is 0.348 e. The number of fused-ring (bicyclic) bond motifs is 1. The number of carbonyl (C=O) groups excluding carboxylic acids is 2. The number of amides is 1. The van der Waals surface area contributed by atoms with Crippen LogP contribution in [0.15, 0.2) is 41.4 Å². The van der Waals surface area contributed by atoms with Crippen LogP contribution >= 0.6 is 11.3 Å². The Hall–Kier alpha value is -2.47. The van der Waals surface area contributed by atoms with E-state index < -0.39 is 5.97 Å². The van der Waals surface area contributed by atoms with Gasteiger partial charge in [-0.15, -0.1) is 11.3 Å². The molecule has 2 heterocycles. The second-order valence-electron chi connectivity index (χ2n) is 4.80. The van der Waals surface area contributed by atoms with Crippen molar-refractivity contribution in [3.8, 4) is 0 Å². The van der Waals surface area contributed by atoms with Crippen LogP contribution in [0.25, 0.3) is 0 Å².